The van der Waals surface area contributed by atoms with E-state index in [1.807, 2.05) is 0 Å². The summed E-state index contributed by atoms with van der Waals surface area (Å²) < 4.78 is 1.21. The summed E-state index contributed by atoms with van der Waals surface area (Å²) in [4.78, 5) is 9.48. The van der Waals surface area contributed by atoms with Crippen LogP contribution in [0.4, 0.5) is 0 Å². The Kier molecular flexibility index (Phi) is 3.65. The molecule has 0 fully saturated rings. The number of nitrogens with zero attached hydrogens (tertiary/aromatic N) is 1. The van der Waals surface area contributed by atoms with Gasteiger partial charge in [-0.25, -0.2) is 0 Å². The summed E-state index contributed by atoms with van der Waals surface area (Å²) in [6, 6.07) is 3.24. The number of aromatic hydroxyl groups is 1. The van der Waals surface area contributed by atoms with E-state index in [1.54, 1.807) is 12.1 Å². The molecule has 74 valence electrons. The zero-order valence-electron chi connectivity index (χ0n) is 6.78. The lowest BCUT2D eigenvalue weighted by atomic mass is 10.2. The van der Waals surface area contributed by atoms with Gasteiger partial charge in [-0.05, 0) is 28.1 Å². The highest BCUT2D eigenvalue weighted by atomic mass is 79.9. The molecule has 1 rings (SSSR count). The molecule has 4 nitrogen and oxygen atoms in total. The molecular weight excluding hydrogens is 318 g/mol. The standard InChI is InChI=1S/C8H5Br2NO3/c9-6-3-5(1-2-11(13)14)8(12)7(10)4-6/h1-4,12H/b2-1+. The van der Waals surface area contributed by atoms with Gasteiger partial charge >= 0.3 is 0 Å². The maximum Gasteiger partial charge on any atom is 0.235 e. The van der Waals surface area contributed by atoms with E-state index in [0.29, 0.717) is 10.0 Å². The summed E-state index contributed by atoms with van der Waals surface area (Å²) in [7, 11) is 0. The van der Waals surface area contributed by atoms with E-state index in [4.69, 9.17) is 0 Å². The van der Waals surface area contributed by atoms with Crippen LogP contribution < -0.4 is 0 Å². The summed E-state index contributed by atoms with van der Waals surface area (Å²) in [5.74, 6) is -0.0219. The van der Waals surface area contributed by atoms with Crippen LogP contribution in [-0.2, 0) is 0 Å². The van der Waals surface area contributed by atoms with Crippen molar-refractivity contribution >= 4 is 37.9 Å². The summed E-state index contributed by atoms with van der Waals surface area (Å²) in [5, 5.41) is 19.6. The molecule has 0 amide bonds. The monoisotopic (exact) mass is 321 g/mol. The molecule has 0 aromatic heterocycles. The molecule has 0 saturated carbocycles. The normalized spacial score (nSPS) is 10.7. The summed E-state index contributed by atoms with van der Waals surface area (Å²) >= 11 is 6.33. The van der Waals surface area contributed by atoms with Gasteiger partial charge in [0.15, 0.2) is 0 Å². The third-order valence-corrected chi connectivity index (χ3v) is 2.50. The molecule has 0 aliphatic heterocycles. The van der Waals surface area contributed by atoms with Crippen LogP contribution in [0.3, 0.4) is 0 Å². The third kappa shape index (κ3) is 2.81. The van der Waals surface area contributed by atoms with Crippen LogP contribution in [0.5, 0.6) is 5.75 Å². The van der Waals surface area contributed by atoms with Gasteiger partial charge in [0.25, 0.3) is 0 Å². The maximum absolute atomic E-state index is 10.1. The molecule has 0 aliphatic rings. The van der Waals surface area contributed by atoms with Crippen molar-refractivity contribution in [3.63, 3.8) is 0 Å². The molecule has 1 N–H and O–H groups in total. The molecule has 0 heterocycles. The van der Waals surface area contributed by atoms with E-state index in [1.165, 1.54) is 6.08 Å². The molecule has 14 heavy (non-hydrogen) atoms. The number of phenolic OH excluding ortho intramolecular Hbond substituents is 1. The number of benzene rings is 1. The molecule has 0 atom stereocenters. The van der Waals surface area contributed by atoms with Gasteiger partial charge in [0, 0.05) is 16.1 Å². The Bertz CT molecular complexity index is 404. The van der Waals surface area contributed by atoms with Gasteiger partial charge in [-0.3, -0.25) is 10.1 Å². The van der Waals surface area contributed by atoms with Crippen molar-refractivity contribution in [2.45, 2.75) is 0 Å². The number of nitro groups is 1. The first-order valence-corrected chi connectivity index (χ1v) is 5.09. The summed E-state index contributed by atoms with van der Waals surface area (Å²) in [5.41, 5.74) is 0.378. The molecule has 0 spiro atoms. The lowest BCUT2D eigenvalue weighted by Crippen LogP contribution is -1.83. The van der Waals surface area contributed by atoms with Crippen LogP contribution in [-0.4, -0.2) is 10.0 Å². The van der Waals surface area contributed by atoms with Crippen molar-refractivity contribution in [2.24, 2.45) is 0 Å². The van der Waals surface area contributed by atoms with E-state index >= 15 is 0 Å². The highest BCUT2D eigenvalue weighted by molar-refractivity contribution is 9.11. The minimum absolute atomic E-state index is 0.0219. The quantitative estimate of drug-likeness (QED) is 0.672. The predicted molar refractivity (Wildman–Crippen MR) is 59.5 cm³/mol. The molecule has 6 heteroatoms. The number of phenols is 1. The molecule has 0 radical (unpaired) electrons. The van der Waals surface area contributed by atoms with Crippen LogP contribution in [0.25, 0.3) is 6.08 Å². The second-order valence-corrected chi connectivity index (χ2v) is 4.20. The average molecular weight is 323 g/mol. The second kappa shape index (κ2) is 4.56. The molecule has 1 aromatic carbocycles. The fraction of sp³-hybridized carbons (Fsp3) is 0. The average Bonchev–Trinajstić information content (AvgIpc) is 2.08. The summed E-state index contributed by atoms with van der Waals surface area (Å²) in [6.07, 6.45) is 2.00. The molecule has 0 saturated heterocycles. The van der Waals surface area contributed by atoms with Gasteiger partial charge in [0.05, 0.1) is 9.40 Å². The fourth-order valence-corrected chi connectivity index (χ4v) is 2.11. The van der Waals surface area contributed by atoms with E-state index in [0.717, 1.165) is 10.7 Å². The lowest BCUT2D eigenvalue weighted by molar-refractivity contribution is -0.400. The Labute approximate surface area is 96.7 Å². The highest BCUT2D eigenvalue weighted by Gasteiger charge is 2.05. The molecule has 0 aliphatic carbocycles. The Balaban J connectivity index is 3.14. The van der Waals surface area contributed by atoms with Gasteiger partial charge < -0.3 is 5.11 Å². The van der Waals surface area contributed by atoms with Crippen molar-refractivity contribution in [3.05, 3.63) is 43.0 Å². The highest BCUT2D eigenvalue weighted by Crippen LogP contribution is 2.32. The second-order valence-electron chi connectivity index (χ2n) is 2.43. The minimum atomic E-state index is -0.589. The summed E-state index contributed by atoms with van der Waals surface area (Å²) in [6.45, 7) is 0. The first kappa shape index (κ1) is 11.2. The van der Waals surface area contributed by atoms with Gasteiger partial charge in [0.2, 0.25) is 6.20 Å². The zero-order chi connectivity index (χ0) is 10.7. The predicted octanol–water partition coefficient (Wildman–Crippen LogP) is 3.16. The Morgan fingerprint density at radius 3 is 2.64 bits per heavy atom. The van der Waals surface area contributed by atoms with Crippen LogP contribution in [0.15, 0.2) is 27.3 Å². The largest absolute Gasteiger partial charge is 0.506 e. The van der Waals surface area contributed by atoms with E-state index < -0.39 is 4.92 Å². The van der Waals surface area contributed by atoms with Crippen LogP contribution in [0, 0.1) is 10.1 Å². The van der Waals surface area contributed by atoms with Crippen LogP contribution in [0.2, 0.25) is 0 Å². The topological polar surface area (TPSA) is 63.4 Å². The minimum Gasteiger partial charge on any atom is -0.506 e. The van der Waals surface area contributed by atoms with Gasteiger partial charge in [-0.1, -0.05) is 15.9 Å². The number of halogens is 2. The van der Waals surface area contributed by atoms with Crippen molar-refractivity contribution in [3.8, 4) is 5.75 Å². The van der Waals surface area contributed by atoms with Crippen molar-refractivity contribution in [1.82, 2.24) is 0 Å². The van der Waals surface area contributed by atoms with Crippen LogP contribution in [0.1, 0.15) is 5.56 Å². The fourth-order valence-electron chi connectivity index (χ4n) is 0.854. The smallest absolute Gasteiger partial charge is 0.235 e. The van der Waals surface area contributed by atoms with Crippen molar-refractivity contribution in [1.29, 1.82) is 0 Å². The Hall–Kier alpha value is -0.880. The van der Waals surface area contributed by atoms with Crippen molar-refractivity contribution in [2.75, 3.05) is 0 Å². The number of hydrogen-bond donors (Lipinski definition) is 1. The van der Waals surface area contributed by atoms with E-state index in [-0.39, 0.29) is 5.75 Å². The molecule has 1 aromatic rings. The molecule has 0 bridgehead atoms. The van der Waals surface area contributed by atoms with Crippen molar-refractivity contribution < 1.29 is 10.0 Å². The van der Waals surface area contributed by atoms with E-state index in [2.05, 4.69) is 31.9 Å². The number of hydrogen-bond acceptors (Lipinski definition) is 3. The maximum atomic E-state index is 10.1. The number of rotatable bonds is 2. The lowest BCUT2D eigenvalue weighted by Gasteiger charge is -2.01. The van der Waals surface area contributed by atoms with Gasteiger partial charge in [-0.2, -0.15) is 0 Å². The Morgan fingerprint density at radius 1 is 1.43 bits per heavy atom. The SMILES string of the molecule is O=[N+]([O-])/C=C/c1cc(Br)cc(Br)c1O. The molecular formula is C8H5Br2NO3. The zero-order valence-corrected chi connectivity index (χ0v) is 9.95. The Morgan fingerprint density at radius 2 is 2.07 bits per heavy atom. The van der Waals surface area contributed by atoms with Gasteiger partial charge in [0.1, 0.15) is 5.75 Å². The molecule has 0 unspecified atom stereocenters. The first-order valence-electron chi connectivity index (χ1n) is 3.50. The van der Waals surface area contributed by atoms with E-state index in [9.17, 15) is 15.2 Å². The third-order valence-electron chi connectivity index (χ3n) is 1.43. The first-order chi connectivity index (χ1) is 6.50. The van der Waals surface area contributed by atoms with Crippen LogP contribution >= 0.6 is 31.9 Å². The van der Waals surface area contributed by atoms with Gasteiger partial charge in [-0.15, -0.1) is 0 Å².